The first-order chi connectivity index (χ1) is 16.8. The van der Waals surface area contributed by atoms with E-state index in [0.29, 0.717) is 42.5 Å². The fourth-order valence-corrected chi connectivity index (χ4v) is 5.78. The molecule has 0 bridgehead atoms. The number of nitrogens with zero attached hydrogens (tertiary/aromatic N) is 3. The zero-order valence-corrected chi connectivity index (χ0v) is 21.3. The summed E-state index contributed by atoms with van der Waals surface area (Å²) in [4.78, 5) is 17.4. The van der Waals surface area contributed by atoms with E-state index in [1.165, 1.54) is 16.4 Å². The molecule has 7 nitrogen and oxygen atoms in total. The molecular weight excluding hydrogens is 486 g/mol. The fourth-order valence-electron chi connectivity index (χ4n) is 4.12. The van der Waals surface area contributed by atoms with E-state index >= 15 is 0 Å². The number of anilines is 2. The maximum atomic E-state index is 13.6. The molecule has 0 radical (unpaired) electrons. The lowest BCUT2D eigenvalue weighted by molar-refractivity contribution is -0.129. The van der Waals surface area contributed by atoms with Gasteiger partial charge in [-0.05, 0) is 61.0 Å². The molecule has 4 rings (SSSR count). The summed E-state index contributed by atoms with van der Waals surface area (Å²) in [5.41, 5.74) is 2.05. The lowest BCUT2D eigenvalue weighted by Gasteiger charge is -2.37. The molecule has 1 aliphatic rings. The van der Waals surface area contributed by atoms with E-state index < -0.39 is 10.0 Å². The third-order valence-electron chi connectivity index (χ3n) is 6.19. The molecule has 0 aromatic heterocycles. The van der Waals surface area contributed by atoms with Crippen molar-refractivity contribution in [1.29, 1.82) is 0 Å². The largest absolute Gasteiger partial charge is 0.497 e. The number of hydrogen-bond donors (Lipinski definition) is 0. The Morgan fingerprint density at radius 1 is 0.943 bits per heavy atom. The molecule has 0 N–H and O–H groups in total. The van der Waals surface area contributed by atoms with Crippen LogP contribution in [0.2, 0.25) is 5.02 Å². The smallest absolute Gasteiger partial charge is 0.264 e. The Bertz CT molecular complexity index is 1280. The lowest BCUT2D eigenvalue weighted by atomic mass is 10.2. The number of carbonyl (C=O) groups excluding carboxylic acids is 1. The Hall–Kier alpha value is -3.23. The van der Waals surface area contributed by atoms with Crippen molar-refractivity contribution >= 4 is 38.9 Å². The second kappa shape index (κ2) is 10.6. The highest BCUT2D eigenvalue weighted by Gasteiger charge is 2.31. The minimum Gasteiger partial charge on any atom is -0.497 e. The average Bonchev–Trinajstić information content (AvgIpc) is 2.89. The van der Waals surface area contributed by atoms with E-state index in [-0.39, 0.29) is 17.3 Å². The third kappa shape index (κ3) is 5.39. The van der Waals surface area contributed by atoms with Crippen LogP contribution in [0.25, 0.3) is 0 Å². The van der Waals surface area contributed by atoms with E-state index in [9.17, 15) is 13.2 Å². The molecule has 0 aliphatic carbocycles. The van der Waals surface area contributed by atoms with Crippen molar-refractivity contribution < 1.29 is 17.9 Å². The number of piperazine rings is 1. The van der Waals surface area contributed by atoms with Crippen molar-refractivity contribution in [2.75, 3.05) is 49.0 Å². The normalized spacial score (nSPS) is 14.0. The van der Waals surface area contributed by atoms with Crippen LogP contribution in [0.5, 0.6) is 5.75 Å². The van der Waals surface area contributed by atoms with Gasteiger partial charge in [-0.15, -0.1) is 0 Å². The Kier molecular flexibility index (Phi) is 7.52. The first-order valence-electron chi connectivity index (χ1n) is 11.3. The minimum absolute atomic E-state index is 0.122. The van der Waals surface area contributed by atoms with Crippen LogP contribution >= 0.6 is 11.6 Å². The van der Waals surface area contributed by atoms with Crippen molar-refractivity contribution in [3.63, 3.8) is 0 Å². The maximum absolute atomic E-state index is 13.6. The number of ether oxygens (including phenoxy) is 1. The molecule has 184 valence electrons. The summed E-state index contributed by atoms with van der Waals surface area (Å²) < 4.78 is 33.6. The number of hydrogen-bond acceptors (Lipinski definition) is 5. The zero-order chi connectivity index (χ0) is 25.0. The predicted octanol–water partition coefficient (Wildman–Crippen LogP) is 4.20. The zero-order valence-electron chi connectivity index (χ0n) is 19.7. The third-order valence-corrected chi connectivity index (χ3v) is 8.37. The summed E-state index contributed by atoms with van der Waals surface area (Å²) >= 11 is 6.30. The Morgan fingerprint density at radius 2 is 1.60 bits per heavy atom. The molecule has 9 heteroatoms. The highest BCUT2D eigenvalue weighted by Crippen LogP contribution is 2.31. The van der Waals surface area contributed by atoms with Crippen LogP contribution in [0.4, 0.5) is 11.4 Å². The second-order valence-corrected chi connectivity index (χ2v) is 10.5. The molecule has 1 aliphatic heterocycles. The van der Waals surface area contributed by atoms with Gasteiger partial charge in [0.1, 0.15) is 12.3 Å². The van der Waals surface area contributed by atoms with Gasteiger partial charge in [-0.1, -0.05) is 35.9 Å². The van der Waals surface area contributed by atoms with E-state index in [4.69, 9.17) is 16.3 Å². The van der Waals surface area contributed by atoms with E-state index in [1.807, 2.05) is 24.3 Å². The van der Waals surface area contributed by atoms with Crippen LogP contribution in [0.15, 0.2) is 77.7 Å². The summed E-state index contributed by atoms with van der Waals surface area (Å²) in [7, 11) is -2.35. The number of halogens is 1. The highest BCUT2D eigenvalue weighted by molar-refractivity contribution is 7.92. The van der Waals surface area contributed by atoms with Gasteiger partial charge < -0.3 is 14.5 Å². The first kappa shape index (κ1) is 24.9. The van der Waals surface area contributed by atoms with Gasteiger partial charge in [0.25, 0.3) is 10.0 Å². The van der Waals surface area contributed by atoms with Crippen molar-refractivity contribution in [3.05, 3.63) is 83.4 Å². The van der Waals surface area contributed by atoms with Crippen molar-refractivity contribution in [3.8, 4) is 5.75 Å². The highest BCUT2D eigenvalue weighted by atomic mass is 35.5. The van der Waals surface area contributed by atoms with Crippen molar-refractivity contribution in [2.45, 2.75) is 11.8 Å². The molecular formula is C26H28ClN3O4S. The number of methoxy groups -OCH3 is 1. The van der Waals surface area contributed by atoms with E-state index in [2.05, 4.69) is 4.90 Å². The van der Waals surface area contributed by atoms with Crippen LogP contribution in [0, 0.1) is 6.92 Å². The number of carbonyl (C=O) groups is 1. The van der Waals surface area contributed by atoms with Crippen LogP contribution in [0.1, 0.15) is 5.56 Å². The molecule has 1 heterocycles. The monoisotopic (exact) mass is 513 g/mol. The van der Waals surface area contributed by atoms with Crippen molar-refractivity contribution in [2.24, 2.45) is 0 Å². The van der Waals surface area contributed by atoms with Gasteiger partial charge in [-0.2, -0.15) is 0 Å². The van der Waals surface area contributed by atoms with Gasteiger partial charge in [-0.25, -0.2) is 8.42 Å². The predicted molar refractivity (Wildman–Crippen MR) is 139 cm³/mol. The molecule has 35 heavy (non-hydrogen) atoms. The van der Waals surface area contributed by atoms with Gasteiger partial charge in [0.15, 0.2) is 0 Å². The van der Waals surface area contributed by atoms with E-state index in [1.54, 1.807) is 55.3 Å². The van der Waals surface area contributed by atoms with E-state index in [0.717, 1.165) is 11.4 Å². The van der Waals surface area contributed by atoms with Crippen LogP contribution in [-0.4, -0.2) is 59.1 Å². The maximum Gasteiger partial charge on any atom is 0.264 e. The first-order valence-corrected chi connectivity index (χ1v) is 13.1. The SMILES string of the molecule is COc1ccc(N2CCN(C(=O)CN(c3cccc(Cl)c3C)S(=O)(=O)c3ccccc3)CC2)cc1. The molecule has 3 aromatic rings. The minimum atomic E-state index is -3.98. The average molecular weight is 514 g/mol. The molecule has 1 saturated heterocycles. The molecule has 0 spiro atoms. The Balaban J connectivity index is 1.53. The number of sulfonamides is 1. The van der Waals surface area contributed by atoms with Gasteiger partial charge in [-0.3, -0.25) is 9.10 Å². The van der Waals surface area contributed by atoms with Crippen LogP contribution in [0.3, 0.4) is 0 Å². The fraction of sp³-hybridized carbons (Fsp3) is 0.269. The number of amides is 1. The molecule has 0 saturated carbocycles. The van der Waals surface area contributed by atoms with Gasteiger partial charge in [0.2, 0.25) is 5.91 Å². The van der Waals surface area contributed by atoms with Gasteiger partial charge in [0, 0.05) is 36.9 Å². The summed E-state index contributed by atoms with van der Waals surface area (Å²) in [6.45, 7) is 3.75. The van der Waals surface area contributed by atoms with Crippen LogP contribution in [-0.2, 0) is 14.8 Å². The summed E-state index contributed by atoms with van der Waals surface area (Å²) in [5.74, 6) is 0.539. The standard InChI is InChI=1S/C26H28ClN3O4S/c1-20-24(27)9-6-10-25(20)30(35(32,33)23-7-4-3-5-8-23)19-26(31)29-17-15-28(16-18-29)21-11-13-22(34-2)14-12-21/h3-14H,15-19H2,1-2H3. The summed E-state index contributed by atoms with van der Waals surface area (Å²) in [6, 6.07) is 21.0. The summed E-state index contributed by atoms with van der Waals surface area (Å²) in [6.07, 6.45) is 0. The number of rotatable bonds is 7. The molecule has 3 aromatic carbocycles. The Labute approximate surface area is 211 Å². The quantitative estimate of drug-likeness (QED) is 0.473. The van der Waals surface area contributed by atoms with Gasteiger partial charge in [0.05, 0.1) is 17.7 Å². The molecule has 0 atom stereocenters. The lowest BCUT2D eigenvalue weighted by Crippen LogP contribution is -2.52. The van der Waals surface area contributed by atoms with Gasteiger partial charge >= 0.3 is 0 Å². The number of benzene rings is 3. The molecule has 1 amide bonds. The van der Waals surface area contributed by atoms with Crippen molar-refractivity contribution in [1.82, 2.24) is 4.90 Å². The Morgan fingerprint density at radius 3 is 2.23 bits per heavy atom. The molecule has 1 fully saturated rings. The summed E-state index contributed by atoms with van der Waals surface area (Å²) in [5, 5.41) is 0.441. The van der Waals surface area contributed by atoms with Crippen LogP contribution < -0.4 is 13.9 Å². The second-order valence-electron chi connectivity index (χ2n) is 8.27. The topological polar surface area (TPSA) is 70.2 Å². The molecule has 0 unspecified atom stereocenters.